The van der Waals surface area contributed by atoms with Crippen molar-refractivity contribution in [2.24, 2.45) is 11.7 Å². The number of nitrogen functional groups attached to an aromatic ring is 1. The van der Waals surface area contributed by atoms with Gasteiger partial charge in [0.05, 0.1) is 12.0 Å². The second-order valence-electron chi connectivity index (χ2n) is 8.68. The number of aromatic nitrogens is 1. The van der Waals surface area contributed by atoms with Crippen LogP contribution in [0.1, 0.15) is 45.1 Å². The van der Waals surface area contributed by atoms with E-state index in [-0.39, 0.29) is 60.7 Å². The Morgan fingerprint density at radius 2 is 1.73 bits per heavy atom. The number of nitrogens with one attached hydrogen (secondary N) is 1. The zero-order valence-corrected chi connectivity index (χ0v) is 21.2. The van der Waals surface area contributed by atoms with E-state index in [1.165, 1.54) is 0 Å². The van der Waals surface area contributed by atoms with Crippen LogP contribution in [0.4, 0.5) is 10.6 Å². The molecule has 1 saturated carbocycles. The van der Waals surface area contributed by atoms with E-state index in [1.807, 2.05) is 36.8 Å². The Labute approximate surface area is 208 Å². The summed E-state index contributed by atoms with van der Waals surface area (Å²) in [6.45, 7) is 6.42. The first-order chi connectivity index (χ1) is 14.8. The van der Waals surface area contributed by atoms with Crippen LogP contribution in [0.25, 0.3) is 0 Å². The molecule has 2 heterocycles. The highest BCUT2D eigenvalue weighted by atomic mass is 35.5. The number of pyridine rings is 1. The maximum absolute atomic E-state index is 13.0. The minimum Gasteiger partial charge on any atom is -0.463 e. The maximum Gasteiger partial charge on any atom is 0.320 e. The van der Waals surface area contributed by atoms with Crippen LogP contribution in [0.3, 0.4) is 0 Å². The van der Waals surface area contributed by atoms with Gasteiger partial charge in [-0.05, 0) is 51.7 Å². The standard InChI is InChI=1S/C22H34N6O3.2ClH/c1-15(2)31-21(29)16-4-7-18(8-5-16)26(3)22(30)28-12-10-27(11-13-28)19-9-6-17(14-25-19)20(23)24;;/h6,9,14-16,18H,4-5,7-8,10-13H2,1-3H3,(H3,23,24);2*1H/t16-,18-;;. The Kier molecular flexibility index (Phi) is 11.2. The number of hydrogen-bond donors (Lipinski definition) is 2. The van der Waals surface area contributed by atoms with Gasteiger partial charge in [-0.15, -0.1) is 24.8 Å². The van der Waals surface area contributed by atoms with E-state index in [2.05, 4.69) is 9.88 Å². The smallest absolute Gasteiger partial charge is 0.320 e. The molecule has 0 unspecified atom stereocenters. The Balaban J connectivity index is 0.00000272. The molecule has 1 aliphatic carbocycles. The van der Waals surface area contributed by atoms with Crippen LogP contribution in [0.5, 0.6) is 0 Å². The number of ether oxygens (including phenoxy) is 1. The molecule has 11 heteroatoms. The molecule has 0 bridgehead atoms. The predicted octanol–water partition coefficient (Wildman–Crippen LogP) is 2.89. The second-order valence-corrected chi connectivity index (χ2v) is 8.68. The number of nitrogens with zero attached hydrogens (tertiary/aromatic N) is 4. The summed E-state index contributed by atoms with van der Waals surface area (Å²) in [5.41, 5.74) is 6.09. The van der Waals surface area contributed by atoms with Crippen molar-refractivity contribution < 1.29 is 14.3 Å². The van der Waals surface area contributed by atoms with Gasteiger partial charge in [-0.25, -0.2) is 9.78 Å². The van der Waals surface area contributed by atoms with Crippen LogP contribution in [0, 0.1) is 11.3 Å². The van der Waals surface area contributed by atoms with Gasteiger partial charge in [0.25, 0.3) is 0 Å². The van der Waals surface area contributed by atoms with Crippen molar-refractivity contribution >= 4 is 48.5 Å². The molecule has 2 amide bonds. The quantitative estimate of drug-likeness (QED) is 0.363. The number of carbonyl (C=O) groups is 2. The first-order valence-corrected chi connectivity index (χ1v) is 11.0. The van der Waals surface area contributed by atoms with Crippen molar-refractivity contribution in [3.63, 3.8) is 0 Å². The molecule has 33 heavy (non-hydrogen) atoms. The van der Waals surface area contributed by atoms with Gasteiger partial charge in [-0.3, -0.25) is 10.2 Å². The van der Waals surface area contributed by atoms with Gasteiger partial charge in [0.15, 0.2) is 0 Å². The Morgan fingerprint density at radius 1 is 1.12 bits per heavy atom. The summed E-state index contributed by atoms with van der Waals surface area (Å²) in [7, 11) is 1.87. The van der Waals surface area contributed by atoms with E-state index < -0.39 is 0 Å². The highest BCUT2D eigenvalue weighted by molar-refractivity contribution is 5.94. The Bertz CT molecular complexity index is 792. The highest BCUT2D eigenvalue weighted by Crippen LogP contribution is 2.29. The zero-order valence-electron chi connectivity index (χ0n) is 19.5. The SMILES string of the molecule is CC(C)OC(=O)[C@H]1CC[C@H](N(C)C(=O)N2CCN(c3ccc(C(=N)N)cn3)CC2)CC1.Cl.Cl. The molecular weight excluding hydrogens is 467 g/mol. The average molecular weight is 503 g/mol. The van der Waals surface area contributed by atoms with Crippen LogP contribution in [-0.2, 0) is 9.53 Å². The molecule has 3 N–H and O–H groups in total. The lowest BCUT2D eigenvalue weighted by Crippen LogP contribution is -2.54. The summed E-state index contributed by atoms with van der Waals surface area (Å²) >= 11 is 0. The molecule has 0 atom stereocenters. The number of anilines is 1. The van der Waals surface area contributed by atoms with Gasteiger partial charge in [0.1, 0.15) is 11.7 Å². The number of piperazine rings is 1. The molecule has 0 spiro atoms. The van der Waals surface area contributed by atoms with E-state index in [0.717, 1.165) is 31.5 Å². The fraction of sp³-hybridized carbons (Fsp3) is 0.636. The third kappa shape index (κ3) is 7.37. The average Bonchev–Trinajstić information content (AvgIpc) is 2.78. The molecule has 0 aromatic carbocycles. The normalized spacial score (nSPS) is 20.4. The third-order valence-electron chi connectivity index (χ3n) is 6.16. The number of esters is 1. The van der Waals surface area contributed by atoms with Crippen LogP contribution in [-0.4, -0.2) is 78.0 Å². The van der Waals surface area contributed by atoms with E-state index in [9.17, 15) is 9.59 Å². The summed E-state index contributed by atoms with van der Waals surface area (Å²) in [6, 6.07) is 3.87. The fourth-order valence-electron chi connectivity index (χ4n) is 4.27. The number of nitrogens with two attached hydrogens (primary N) is 1. The minimum atomic E-state index is -0.108. The predicted molar refractivity (Wildman–Crippen MR) is 134 cm³/mol. The Hall–Kier alpha value is -2.26. The Morgan fingerprint density at radius 3 is 2.21 bits per heavy atom. The topological polar surface area (TPSA) is 116 Å². The molecule has 3 rings (SSSR count). The number of urea groups is 1. The molecule has 1 saturated heterocycles. The molecule has 1 aliphatic heterocycles. The summed E-state index contributed by atoms with van der Waals surface area (Å²) in [4.78, 5) is 35.4. The zero-order chi connectivity index (χ0) is 22.5. The lowest BCUT2D eigenvalue weighted by atomic mass is 9.85. The van der Waals surface area contributed by atoms with E-state index >= 15 is 0 Å². The van der Waals surface area contributed by atoms with E-state index in [0.29, 0.717) is 31.7 Å². The number of carbonyl (C=O) groups excluding carboxylic acids is 2. The van der Waals surface area contributed by atoms with Crippen LogP contribution in [0.2, 0.25) is 0 Å². The number of halogens is 2. The van der Waals surface area contributed by atoms with Gasteiger partial charge >= 0.3 is 12.0 Å². The number of amidine groups is 1. The molecule has 2 fully saturated rings. The molecule has 2 aliphatic rings. The van der Waals surface area contributed by atoms with Gasteiger partial charge < -0.3 is 25.2 Å². The third-order valence-corrected chi connectivity index (χ3v) is 6.16. The van der Waals surface area contributed by atoms with Gasteiger partial charge in [-0.2, -0.15) is 0 Å². The second kappa shape index (κ2) is 12.8. The first-order valence-electron chi connectivity index (χ1n) is 11.0. The van der Waals surface area contributed by atoms with Crippen molar-refractivity contribution in [3.05, 3.63) is 23.9 Å². The van der Waals surface area contributed by atoms with Crippen molar-refractivity contribution in [3.8, 4) is 0 Å². The van der Waals surface area contributed by atoms with Crippen molar-refractivity contribution in [2.75, 3.05) is 38.1 Å². The molecule has 1 aromatic rings. The summed E-state index contributed by atoms with van der Waals surface area (Å²) < 4.78 is 5.34. The fourth-order valence-corrected chi connectivity index (χ4v) is 4.27. The van der Waals surface area contributed by atoms with Crippen LogP contribution >= 0.6 is 24.8 Å². The van der Waals surface area contributed by atoms with Gasteiger partial charge in [-0.1, -0.05) is 0 Å². The highest BCUT2D eigenvalue weighted by Gasteiger charge is 2.33. The monoisotopic (exact) mass is 502 g/mol. The largest absolute Gasteiger partial charge is 0.463 e. The summed E-state index contributed by atoms with van der Waals surface area (Å²) in [6.07, 6.45) is 4.71. The minimum absolute atomic E-state index is 0. The van der Waals surface area contributed by atoms with E-state index in [1.54, 1.807) is 12.3 Å². The first kappa shape index (κ1) is 28.8. The van der Waals surface area contributed by atoms with Crippen molar-refractivity contribution in [1.82, 2.24) is 14.8 Å². The van der Waals surface area contributed by atoms with Crippen LogP contribution in [0.15, 0.2) is 18.3 Å². The molecule has 186 valence electrons. The number of rotatable bonds is 5. The number of hydrogen-bond acceptors (Lipinski definition) is 6. The van der Waals surface area contributed by atoms with Crippen LogP contribution < -0.4 is 10.6 Å². The lowest BCUT2D eigenvalue weighted by Gasteiger charge is -2.40. The summed E-state index contributed by atoms with van der Waals surface area (Å²) in [5.74, 6) is 0.677. The van der Waals surface area contributed by atoms with Gasteiger partial charge in [0.2, 0.25) is 0 Å². The molecule has 0 radical (unpaired) electrons. The van der Waals surface area contributed by atoms with Crippen molar-refractivity contribution in [1.29, 1.82) is 5.41 Å². The lowest BCUT2D eigenvalue weighted by molar-refractivity contribution is -0.153. The van der Waals surface area contributed by atoms with Crippen molar-refractivity contribution in [2.45, 2.75) is 51.7 Å². The molecule has 9 nitrogen and oxygen atoms in total. The van der Waals surface area contributed by atoms with E-state index in [4.69, 9.17) is 15.9 Å². The maximum atomic E-state index is 13.0. The number of amides is 2. The summed E-state index contributed by atoms with van der Waals surface area (Å²) in [5, 5.41) is 7.46. The molecule has 1 aromatic heterocycles. The molecular formula is C22H36Cl2N6O3. The van der Waals surface area contributed by atoms with Gasteiger partial charge in [0, 0.05) is 51.0 Å².